The third-order valence-corrected chi connectivity index (χ3v) is 6.40. The zero-order chi connectivity index (χ0) is 21.0. The van der Waals surface area contributed by atoms with E-state index in [0.29, 0.717) is 6.54 Å². The summed E-state index contributed by atoms with van der Waals surface area (Å²) < 4.78 is 7.68. The number of aliphatic imine (C=N–C) groups is 1. The van der Waals surface area contributed by atoms with Gasteiger partial charge in [0.2, 0.25) is 0 Å². The molecule has 0 bridgehead atoms. The Kier molecular flexibility index (Phi) is 6.58. The highest BCUT2D eigenvalue weighted by Crippen LogP contribution is 2.39. The van der Waals surface area contributed by atoms with Crippen LogP contribution in [0.5, 0.6) is 0 Å². The number of benzene rings is 1. The van der Waals surface area contributed by atoms with E-state index < -0.39 is 0 Å². The fourth-order valence-corrected chi connectivity index (χ4v) is 4.82. The predicted molar refractivity (Wildman–Crippen MR) is 119 cm³/mol. The fourth-order valence-electron chi connectivity index (χ4n) is 4.49. The molecule has 1 saturated heterocycles. The van der Waals surface area contributed by atoms with E-state index in [0.717, 1.165) is 74.6 Å². The average Bonchev–Trinajstić information content (AvgIpc) is 3.14. The van der Waals surface area contributed by atoms with Crippen LogP contribution in [0.15, 0.2) is 29.3 Å². The number of aryl methyl sites for hydroxylation is 2. The Balaban J connectivity index is 1.57. The van der Waals surface area contributed by atoms with Gasteiger partial charge < -0.3 is 15.4 Å². The van der Waals surface area contributed by atoms with E-state index in [2.05, 4.69) is 39.8 Å². The topological polar surface area (TPSA) is 76.4 Å². The van der Waals surface area contributed by atoms with Crippen LogP contribution in [-0.2, 0) is 16.7 Å². The van der Waals surface area contributed by atoms with E-state index in [-0.39, 0.29) is 11.5 Å². The molecule has 162 valence electrons. The van der Waals surface area contributed by atoms with E-state index >= 15 is 0 Å². The first-order valence-corrected chi connectivity index (χ1v) is 11.3. The molecular weight excluding hydrogens is 400 g/mol. The lowest BCUT2D eigenvalue weighted by Crippen LogP contribution is -2.43. The van der Waals surface area contributed by atoms with Crippen LogP contribution in [0.4, 0.5) is 0 Å². The van der Waals surface area contributed by atoms with E-state index in [1.165, 1.54) is 5.56 Å². The minimum absolute atomic E-state index is 0.109. The fraction of sp³-hybridized carbons (Fsp3) is 0.591. The molecule has 1 fully saturated rings. The molecule has 1 unspecified atom stereocenters. The molecule has 1 atom stereocenters. The SMILES string of the molecule is CCNC(=NCC1(c2ccccc2Cl)CCOCC1)NC1CCCn2nc(C)nc21. The minimum atomic E-state index is -0.109. The van der Waals surface area contributed by atoms with E-state index in [1.807, 2.05) is 23.7 Å². The second-order valence-electron chi connectivity index (χ2n) is 8.15. The van der Waals surface area contributed by atoms with Crippen molar-refractivity contribution in [3.8, 4) is 0 Å². The van der Waals surface area contributed by atoms with Crippen LogP contribution in [0, 0.1) is 6.92 Å². The molecule has 2 aromatic rings. The van der Waals surface area contributed by atoms with Gasteiger partial charge in [-0.05, 0) is 51.2 Å². The summed E-state index contributed by atoms with van der Waals surface area (Å²) in [5, 5.41) is 12.3. The zero-order valence-electron chi connectivity index (χ0n) is 17.8. The van der Waals surface area contributed by atoms with Gasteiger partial charge in [0.05, 0.1) is 12.6 Å². The monoisotopic (exact) mass is 430 g/mol. The molecule has 2 aliphatic heterocycles. The number of ether oxygens (including phenoxy) is 1. The lowest BCUT2D eigenvalue weighted by molar-refractivity contribution is 0.0531. The summed E-state index contributed by atoms with van der Waals surface area (Å²) in [5.74, 6) is 2.63. The van der Waals surface area contributed by atoms with Crippen LogP contribution in [0.2, 0.25) is 5.02 Å². The second kappa shape index (κ2) is 9.35. The summed E-state index contributed by atoms with van der Waals surface area (Å²) in [5.41, 5.74) is 1.06. The quantitative estimate of drug-likeness (QED) is 0.561. The molecule has 2 aliphatic rings. The van der Waals surface area contributed by atoms with Crippen LogP contribution >= 0.6 is 11.6 Å². The van der Waals surface area contributed by atoms with Crippen LogP contribution in [-0.4, -0.2) is 47.0 Å². The Morgan fingerprint density at radius 3 is 2.90 bits per heavy atom. The molecule has 1 aromatic heterocycles. The van der Waals surface area contributed by atoms with Crippen LogP contribution in [0.3, 0.4) is 0 Å². The lowest BCUT2D eigenvalue weighted by Gasteiger charge is -2.37. The van der Waals surface area contributed by atoms with Crippen molar-refractivity contribution >= 4 is 17.6 Å². The van der Waals surface area contributed by atoms with Crippen molar-refractivity contribution < 1.29 is 4.74 Å². The smallest absolute Gasteiger partial charge is 0.191 e. The summed E-state index contributed by atoms with van der Waals surface area (Å²) in [6.45, 7) is 7.88. The predicted octanol–water partition coefficient (Wildman–Crippen LogP) is 3.38. The van der Waals surface area contributed by atoms with Crippen molar-refractivity contribution in [1.82, 2.24) is 25.4 Å². The summed E-state index contributed by atoms with van der Waals surface area (Å²) >= 11 is 6.60. The molecule has 0 amide bonds. The molecule has 0 saturated carbocycles. The Bertz CT molecular complexity index is 890. The van der Waals surface area contributed by atoms with Crippen LogP contribution < -0.4 is 10.6 Å². The summed E-state index contributed by atoms with van der Waals surface area (Å²) in [4.78, 5) is 9.66. The molecule has 2 N–H and O–H groups in total. The summed E-state index contributed by atoms with van der Waals surface area (Å²) in [6, 6.07) is 8.26. The second-order valence-corrected chi connectivity index (χ2v) is 8.55. The van der Waals surface area contributed by atoms with E-state index in [9.17, 15) is 0 Å². The number of nitrogens with one attached hydrogen (secondary N) is 2. The standard InChI is InChI=1S/C22H31ClN6O/c1-3-24-21(27-19-9-6-12-29-20(19)26-16(2)28-29)25-15-22(10-13-30-14-11-22)17-7-4-5-8-18(17)23/h4-5,7-8,19H,3,6,9-15H2,1-2H3,(H2,24,25,27). The first kappa shape index (κ1) is 21.1. The average molecular weight is 431 g/mol. The van der Waals surface area contributed by atoms with Crippen molar-refractivity contribution in [3.63, 3.8) is 0 Å². The summed E-state index contributed by atoms with van der Waals surface area (Å²) in [6.07, 6.45) is 3.92. The van der Waals surface area contributed by atoms with Gasteiger partial charge in [-0.15, -0.1) is 0 Å². The maximum absolute atomic E-state index is 6.60. The number of rotatable bonds is 5. The highest BCUT2D eigenvalue weighted by molar-refractivity contribution is 6.31. The normalized spacial score (nSPS) is 21.2. The van der Waals surface area contributed by atoms with E-state index in [1.54, 1.807) is 0 Å². The molecule has 8 heteroatoms. The molecular formula is C22H31ClN6O. The van der Waals surface area contributed by atoms with Crippen molar-refractivity contribution in [1.29, 1.82) is 0 Å². The molecule has 4 rings (SSSR count). The van der Waals surface area contributed by atoms with Gasteiger partial charge in [0.15, 0.2) is 5.96 Å². The zero-order valence-corrected chi connectivity index (χ0v) is 18.6. The highest BCUT2D eigenvalue weighted by Gasteiger charge is 2.36. The maximum atomic E-state index is 6.60. The van der Waals surface area contributed by atoms with E-state index in [4.69, 9.17) is 21.3 Å². The molecule has 3 heterocycles. The third-order valence-electron chi connectivity index (χ3n) is 6.07. The molecule has 0 spiro atoms. The van der Waals surface area contributed by atoms with Gasteiger partial charge in [-0.2, -0.15) is 5.10 Å². The Labute approximate surface area is 183 Å². The maximum Gasteiger partial charge on any atom is 0.191 e. The molecule has 1 aromatic carbocycles. The van der Waals surface area contributed by atoms with Gasteiger partial charge in [0.1, 0.15) is 11.6 Å². The number of guanidine groups is 1. The van der Waals surface area contributed by atoms with Gasteiger partial charge in [-0.1, -0.05) is 29.8 Å². The van der Waals surface area contributed by atoms with Gasteiger partial charge in [-0.3, -0.25) is 4.99 Å². The minimum Gasteiger partial charge on any atom is -0.381 e. The van der Waals surface area contributed by atoms with Crippen LogP contribution in [0.25, 0.3) is 0 Å². The number of hydrogen-bond donors (Lipinski definition) is 2. The van der Waals surface area contributed by atoms with Gasteiger partial charge >= 0.3 is 0 Å². The van der Waals surface area contributed by atoms with Gasteiger partial charge in [-0.25, -0.2) is 9.67 Å². The molecule has 0 aliphatic carbocycles. The van der Waals surface area contributed by atoms with Gasteiger partial charge in [0.25, 0.3) is 0 Å². The number of aromatic nitrogens is 3. The molecule has 7 nitrogen and oxygen atoms in total. The number of halogens is 1. The van der Waals surface area contributed by atoms with Crippen molar-refractivity contribution in [3.05, 3.63) is 46.5 Å². The largest absolute Gasteiger partial charge is 0.381 e. The first-order chi connectivity index (χ1) is 14.6. The van der Waals surface area contributed by atoms with Crippen molar-refractivity contribution in [2.24, 2.45) is 4.99 Å². The number of hydrogen-bond acceptors (Lipinski definition) is 4. The van der Waals surface area contributed by atoms with Crippen molar-refractivity contribution in [2.75, 3.05) is 26.3 Å². The number of fused-ring (bicyclic) bond motifs is 1. The first-order valence-electron chi connectivity index (χ1n) is 10.9. The Morgan fingerprint density at radius 2 is 2.13 bits per heavy atom. The number of nitrogens with zero attached hydrogens (tertiary/aromatic N) is 4. The molecule has 0 radical (unpaired) electrons. The van der Waals surface area contributed by atoms with Gasteiger partial charge in [0, 0.05) is 36.7 Å². The molecule has 30 heavy (non-hydrogen) atoms. The Hall–Kier alpha value is -2.12. The third kappa shape index (κ3) is 4.47. The van der Waals surface area contributed by atoms with Crippen LogP contribution in [0.1, 0.15) is 55.9 Å². The van der Waals surface area contributed by atoms with Crippen molar-refractivity contribution in [2.45, 2.75) is 57.5 Å². The lowest BCUT2D eigenvalue weighted by atomic mass is 9.74. The highest BCUT2D eigenvalue weighted by atomic mass is 35.5. The summed E-state index contributed by atoms with van der Waals surface area (Å²) in [7, 11) is 0. The Morgan fingerprint density at radius 1 is 1.33 bits per heavy atom.